The highest BCUT2D eigenvalue weighted by Crippen LogP contribution is 2.16. The number of hydrogen-bond donors (Lipinski definition) is 0. The number of aromatic nitrogens is 2. The first-order chi connectivity index (χ1) is 6.77. The van der Waals surface area contributed by atoms with Gasteiger partial charge in [-0.3, -0.25) is 0 Å². The van der Waals surface area contributed by atoms with E-state index in [0.717, 1.165) is 12.2 Å². The van der Waals surface area contributed by atoms with Crippen LogP contribution < -0.4 is 0 Å². The maximum absolute atomic E-state index is 8.34. The van der Waals surface area contributed by atoms with Crippen LogP contribution in [0.3, 0.4) is 0 Å². The molecule has 1 unspecified atom stereocenters. The van der Waals surface area contributed by atoms with Gasteiger partial charge in [0, 0.05) is 5.92 Å². The van der Waals surface area contributed by atoms with Crippen LogP contribution >= 0.6 is 11.8 Å². The van der Waals surface area contributed by atoms with E-state index < -0.39 is 0 Å². The highest BCUT2D eigenvalue weighted by Gasteiger charge is 2.11. The van der Waals surface area contributed by atoms with Crippen LogP contribution in [0.2, 0.25) is 0 Å². The molecule has 1 atom stereocenters. The van der Waals surface area contributed by atoms with Gasteiger partial charge in [-0.15, -0.1) is 11.8 Å². The third kappa shape index (κ3) is 3.04. The molecule has 4 nitrogen and oxygen atoms in total. The molecule has 0 aliphatic rings. The van der Waals surface area contributed by atoms with Gasteiger partial charge in [0.05, 0.1) is 17.6 Å². The van der Waals surface area contributed by atoms with Gasteiger partial charge in [0.15, 0.2) is 5.82 Å². The van der Waals surface area contributed by atoms with Crippen molar-refractivity contribution in [1.82, 2.24) is 10.1 Å². The molecule has 76 valence electrons. The quantitative estimate of drug-likeness (QED) is 0.699. The van der Waals surface area contributed by atoms with E-state index in [9.17, 15) is 0 Å². The first-order valence-electron chi connectivity index (χ1n) is 4.55. The van der Waals surface area contributed by atoms with Crippen molar-refractivity contribution in [2.24, 2.45) is 0 Å². The second kappa shape index (κ2) is 5.66. The molecule has 1 heterocycles. The third-order valence-corrected chi connectivity index (χ3v) is 2.71. The number of rotatable bonds is 5. The molecule has 0 aliphatic heterocycles. The van der Waals surface area contributed by atoms with Crippen LogP contribution in [0.1, 0.15) is 37.9 Å². The minimum atomic E-state index is 0.341. The van der Waals surface area contributed by atoms with Crippen molar-refractivity contribution in [3.63, 3.8) is 0 Å². The lowest BCUT2D eigenvalue weighted by atomic mass is 10.1. The summed E-state index contributed by atoms with van der Waals surface area (Å²) in [4.78, 5) is 4.24. The van der Waals surface area contributed by atoms with Crippen molar-refractivity contribution in [1.29, 1.82) is 5.26 Å². The Morgan fingerprint density at radius 1 is 1.64 bits per heavy atom. The second-order valence-electron chi connectivity index (χ2n) is 3.01. The van der Waals surface area contributed by atoms with Gasteiger partial charge in [-0.2, -0.15) is 10.2 Å². The normalized spacial score (nSPS) is 12.4. The number of thioether (sulfide) groups is 1. The highest BCUT2D eigenvalue weighted by atomic mass is 32.2. The summed E-state index contributed by atoms with van der Waals surface area (Å²) in [6.07, 6.45) is 1.00. The molecule has 0 spiro atoms. The average molecular weight is 211 g/mol. The van der Waals surface area contributed by atoms with E-state index in [4.69, 9.17) is 9.78 Å². The van der Waals surface area contributed by atoms with Crippen LogP contribution in [-0.4, -0.2) is 15.9 Å². The Morgan fingerprint density at radius 3 is 3.07 bits per heavy atom. The molecule has 0 amide bonds. The lowest BCUT2D eigenvalue weighted by Gasteiger charge is -1.98. The summed E-state index contributed by atoms with van der Waals surface area (Å²) in [6, 6.07) is 2.05. The lowest BCUT2D eigenvalue weighted by molar-refractivity contribution is 0.381. The van der Waals surface area contributed by atoms with Crippen molar-refractivity contribution >= 4 is 11.8 Å². The van der Waals surface area contributed by atoms with E-state index in [0.29, 0.717) is 23.3 Å². The molecule has 0 saturated carbocycles. The minimum Gasteiger partial charge on any atom is -0.338 e. The Kier molecular flexibility index (Phi) is 4.47. The molecule has 0 saturated heterocycles. The van der Waals surface area contributed by atoms with E-state index in [1.165, 1.54) is 11.8 Å². The van der Waals surface area contributed by atoms with Crippen LogP contribution in [-0.2, 0) is 5.75 Å². The number of hydrogen-bond acceptors (Lipinski definition) is 5. The van der Waals surface area contributed by atoms with Crippen molar-refractivity contribution < 1.29 is 4.52 Å². The summed E-state index contributed by atoms with van der Waals surface area (Å²) >= 11 is 1.48. The SMILES string of the molecule is CCC(C)c1noc(CSCC#N)n1. The molecule has 0 aliphatic carbocycles. The zero-order chi connectivity index (χ0) is 10.4. The van der Waals surface area contributed by atoms with Crippen molar-refractivity contribution in [2.75, 3.05) is 5.75 Å². The fraction of sp³-hybridized carbons (Fsp3) is 0.667. The Bertz CT molecular complexity index is 318. The zero-order valence-electron chi connectivity index (χ0n) is 8.36. The summed E-state index contributed by atoms with van der Waals surface area (Å²) < 4.78 is 5.04. The number of nitrogens with zero attached hydrogens (tertiary/aromatic N) is 3. The van der Waals surface area contributed by atoms with E-state index in [1.807, 2.05) is 0 Å². The first kappa shape index (κ1) is 11.1. The van der Waals surface area contributed by atoms with E-state index >= 15 is 0 Å². The molecule has 14 heavy (non-hydrogen) atoms. The summed E-state index contributed by atoms with van der Waals surface area (Å²) in [7, 11) is 0. The Labute approximate surface area is 87.7 Å². The molecule has 0 N–H and O–H groups in total. The summed E-state index contributed by atoms with van der Waals surface area (Å²) in [6.45, 7) is 4.15. The molecular formula is C9H13N3OS. The van der Waals surface area contributed by atoms with Gasteiger partial charge in [-0.05, 0) is 6.42 Å². The predicted molar refractivity (Wildman–Crippen MR) is 54.8 cm³/mol. The third-order valence-electron chi connectivity index (χ3n) is 1.93. The lowest BCUT2D eigenvalue weighted by Crippen LogP contribution is -1.94. The van der Waals surface area contributed by atoms with E-state index in [-0.39, 0.29) is 0 Å². The molecule has 0 aromatic carbocycles. The number of nitriles is 1. The van der Waals surface area contributed by atoms with Gasteiger partial charge in [-0.1, -0.05) is 19.0 Å². The smallest absolute Gasteiger partial charge is 0.236 e. The van der Waals surface area contributed by atoms with Crippen LogP contribution in [0.15, 0.2) is 4.52 Å². The van der Waals surface area contributed by atoms with Gasteiger partial charge in [-0.25, -0.2) is 0 Å². The summed E-state index contributed by atoms with van der Waals surface area (Å²) in [5.74, 6) is 2.80. The monoisotopic (exact) mass is 211 g/mol. The zero-order valence-corrected chi connectivity index (χ0v) is 9.17. The molecule has 1 rings (SSSR count). The fourth-order valence-electron chi connectivity index (χ4n) is 0.893. The second-order valence-corrected chi connectivity index (χ2v) is 3.99. The Morgan fingerprint density at radius 2 is 2.43 bits per heavy atom. The topological polar surface area (TPSA) is 62.7 Å². The molecule has 0 radical (unpaired) electrons. The Balaban J connectivity index is 2.47. The van der Waals surface area contributed by atoms with E-state index in [1.54, 1.807) is 0 Å². The minimum absolute atomic E-state index is 0.341. The molecule has 1 aromatic heterocycles. The van der Waals surface area contributed by atoms with Crippen molar-refractivity contribution in [2.45, 2.75) is 31.9 Å². The standard InChI is InChI=1S/C9H13N3OS/c1-3-7(2)9-11-8(13-12-9)6-14-5-4-10/h7H,3,5-6H2,1-2H3. The molecule has 5 heteroatoms. The van der Waals surface area contributed by atoms with E-state index in [2.05, 4.69) is 30.1 Å². The van der Waals surface area contributed by atoms with Crippen molar-refractivity contribution in [3.05, 3.63) is 11.7 Å². The summed E-state index contributed by atoms with van der Waals surface area (Å²) in [5.41, 5.74) is 0. The van der Waals surface area contributed by atoms with Crippen LogP contribution in [0, 0.1) is 11.3 Å². The van der Waals surface area contributed by atoms with Crippen LogP contribution in [0.5, 0.6) is 0 Å². The Hall–Kier alpha value is -1.02. The van der Waals surface area contributed by atoms with Gasteiger partial charge in [0.25, 0.3) is 0 Å². The van der Waals surface area contributed by atoms with Crippen molar-refractivity contribution in [3.8, 4) is 6.07 Å². The van der Waals surface area contributed by atoms with Gasteiger partial charge in [0.2, 0.25) is 5.89 Å². The van der Waals surface area contributed by atoms with Gasteiger partial charge in [0.1, 0.15) is 0 Å². The highest BCUT2D eigenvalue weighted by molar-refractivity contribution is 7.98. The molecule has 0 bridgehead atoms. The first-order valence-corrected chi connectivity index (χ1v) is 5.70. The van der Waals surface area contributed by atoms with Crippen LogP contribution in [0.25, 0.3) is 0 Å². The average Bonchev–Trinajstić information content (AvgIpc) is 2.66. The summed E-state index contributed by atoms with van der Waals surface area (Å²) in [5, 5.41) is 12.2. The fourth-order valence-corrected chi connectivity index (χ4v) is 1.38. The molecular weight excluding hydrogens is 198 g/mol. The predicted octanol–water partition coefficient (Wildman–Crippen LogP) is 2.34. The molecule has 0 fully saturated rings. The van der Waals surface area contributed by atoms with Gasteiger partial charge < -0.3 is 4.52 Å². The maximum atomic E-state index is 8.34. The molecule has 1 aromatic rings. The van der Waals surface area contributed by atoms with Crippen LogP contribution in [0.4, 0.5) is 0 Å². The van der Waals surface area contributed by atoms with Gasteiger partial charge >= 0.3 is 0 Å². The maximum Gasteiger partial charge on any atom is 0.236 e. The largest absolute Gasteiger partial charge is 0.338 e.